The number of benzene rings is 1. The fourth-order valence-corrected chi connectivity index (χ4v) is 3.13. The van der Waals surface area contributed by atoms with Gasteiger partial charge in [0.05, 0.1) is 17.1 Å². The molecule has 3 rings (SSSR count). The molecular weight excluding hydrogens is 264 g/mol. The molecule has 2 N–H and O–H groups in total. The molecule has 1 fully saturated rings. The van der Waals surface area contributed by atoms with Gasteiger partial charge in [-0.15, -0.1) is 0 Å². The fourth-order valence-electron chi connectivity index (χ4n) is 3.13. The Labute approximate surface area is 124 Å². The third-order valence-corrected chi connectivity index (χ3v) is 4.22. The lowest BCUT2D eigenvalue weighted by Crippen LogP contribution is -2.52. The zero-order chi connectivity index (χ0) is 15.0. The molecule has 0 spiro atoms. The quantitative estimate of drug-likeness (QED) is 0.897. The van der Waals surface area contributed by atoms with Crippen LogP contribution < -0.4 is 16.3 Å². The first-order valence-electron chi connectivity index (χ1n) is 7.43. The van der Waals surface area contributed by atoms with Gasteiger partial charge < -0.3 is 10.6 Å². The average Bonchev–Trinajstić information content (AvgIpc) is 2.79. The van der Waals surface area contributed by atoms with E-state index in [9.17, 15) is 4.79 Å². The molecule has 21 heavy (non-hydrogen) atoms. The number of aromatic nitrogens is 2. The minimum absolute atomic E-state index is 0.0106. The molecule has 5 nitrogen and oxygen atoms in total. The number of nitrogens with one attached hydrogen (secondary N) is 2. The molecule has 2 atom stereocenters. The van der Waals surface area contributed by atoms with Crippen LogP contribution in [0.25, 0.3) is 16.7 Å². The van der Waals surface area contributed by atoms with E-state index in [0.29, 0.717) is 0 Å². The largest absolute Gasteiger partial charge is 0.333 e. The van der Waals surface area contributed by atoms with Crippen molar-refractivity contribution in [2.45, 2.75) is 25.9 Å². The van der Waals surface area contributed by atoms with Crippen LogP contribution in [0.1, 0.15) is 19.9 Å². The number of piperazine rings is 1. The molecular formula is C16H22N4O. The SMILES string of the molecule is C=C(C)n1c(=O)n(C(C)C2CNCCN2)c2ccccc21. The van der Waals surface area contributed by atoms with E-state index in [0.717, 1.165) is 36.4 Å². The highest BCUT2D eigenvalue weighted by Crippen LogP contribution is 2.21. The van der Waals surface area contributed by atoms with E-state index in [1.807, 2.05) is 35.8 Å². The first-order chi connectivity index (χ1) is 10.1. The Hall–Kier alpha value is -1.85. The van der Waals surface area contributed by atoms with Crippen LogP contribution in [0.4, 0.5) is 0 Å². The molecule has 0 radical (unpaired) electrons. The number of fused-ring (bicyclic) bond motifs is 1. The summed E-state index contributed by atoms with van der Waals surface area (Å²) in [7, 11) is 0. The monoisotopic (exact) mass is 286 g/mol. The predicted octanol–water partition coefficient (Wildman–Crippen LogP) is 1.42. The maximum atomic E-state index is 12.8. The predicted molar refractivity (Wildman–Crippen MR) is 86.6 cm³/mol. The lowest BCUT2D eigenvalue weighted by molar-refractivity contribution is 0.322. The van der Waals surface area contributed by atoms with Gasteiger partial charge in [0.1, 0.15) is 0 Å². The maximum absolute atomic E-state index is 12.8. The molecule has 0 saturated carbocycles. The van der Waals surface area contributed by atoms with Gasteiger partial charge in [0.15, 0.2) is 0 Å². The van der Waals surface area contributed by atoms with Crippen molar-refractivity contribution in [3.05, 3.63) is 41.3 Å². The molecule has 1 aliphatic heterocycles. The van der Waals surface area contributed by atoms with Crippen molar-refractivity contribution >= 4 is 16.7 Å². The van der Waals surface area contributed by atoms with Gasteiger partial charge in [-0.05, 0) is 26.0 Å². The van der Waals surface area contributed by atoms with Crippen molar-refractivity contribution < 1.29 is 0 Å². The average molecular weight is 286 g/mol. The van der Waals surface area contributed by atoms with Crippen LogP contribution in [0.15, 0.2) is 35.6 Å². The lowest BCUT2D eigenvalue weighted by atomic mass is 10.1. The van der Waals surface area contributed by atoms with E-state index >= 15 is 0 Å². The molecule has 2 aromatic rings. The van der Waals surface area contributed by atoms with Crippen molar-refractivity contribution in [1.29, 1.82) is 0 Å². The Balaban J connectivity index is 2.15. The summed E-state index contributed by atoms with van der Waals surface area (Å²) in [4.78, 5) is 12.8. The Bertz CT molecular complexity index is 721. The van der Waals surface area contributed by atoms with Crippen LogP contribution in [-0.2, 0) is 0 Å². The summed E-state index contributed by atoms with van der Waals surface area (Å²) in [6, 6.07) is 8.23. The third-order valence-electron chi connectivity index (χ3n) is 4.22. The number of allylic oxidation sites excluding steroid dienone is 1. The van der Waals surface area contributed by atoms with Crippen LogP contribution in [0.5, 0.6) is 0 Å². The van der Waals surface area contributed by atoms with Gasteiger partial charge in [0.2, 0.25) is 0 Å². The second-order valence-electron chi connectivity index (χ2n) is 5.72. The summed E-state index contributed by atoms with van der Waals surface area (Å²) in [5.74, 6) is 0. The fraction of sp³-hybridized carbons (Fsp3) is 0.438. The van der Waals surface area contributed by atoms with E-state index < -0.39 is 0 Å². The first kappa shape index (κ1) is 14.1. The molecule has 2 unspecified atom stereocenters. The standard InChI is InChI=1S/C16H22N4O/c1-11(2)19-14-6-4-5-7-15(14)20(16(19)21)12(3)13-10-17-8-9-18-13/h4-7,12-13,17-18H,1,8-10H2,2-3H3. The Kier molecular flexibility index (Phi) is 3.69. The zero-order valence-corrected chi connectivity index (χ0v) is 12.6. The highest BCUT2D eigenvalue weighted by molar-refractivity contribution is 5.79. The second kappa shape index (κ2) is 5.50. The van der Waals surface area contributed by atoms with Crippen LogP contribution >= 0.6 is 0 Å². The summed E-state index contributed by atoms with van der Waals surface area (Å²) in [6.45, 7) is 10.7. The highest BCUT2D eigenvalue weighted by atomic mass is 16.1. The number of rotatable bonds is 3. The number of imidazole rings is 1. The number of nitrogens with zero attached hydrogens (tertiary/aromatic N) is 2. The summed E-state index contributed by atoms with van der Waals surface area (Å²) in [5, 5.41) is 6.87. The van der Waals surface area contributed by atoms with Crippen molar-refractivity contribution in [3.8, 4) is 0 Å². The normalized spacial score (nSPS) is 20.6. The Morgan fingerprint density at radius 1 is 1.33 bits per heavy atom. The summed E-state index contributed by atoms with van der Waals surface area (Å²) in [5.41, 5.74) is 2.62. The van der Waals surface area contributed by atoms with Gasteiger partial charge in [-0.3, -0.25) is 9.13 Å². The van der Waals surface area contributed by atoms with Crippen LogP contribution in [0, 0.1) is 0 Å². The summed E-state index contributed by atoms with van der Waals surface area (Å²) in [6.07, 6.45) is 0. The van der Waals surface area contributed by atoms with Gasteiger partial charge >= 0.3 is 5.69 Å². The van der Waals surface area contributed by atoms with Crippen molar-refractivity contribution in [1.82, 2.24) is 19.8 Å². The summed E-state index contributed by atoms with van der Waals surface area (Å²) < 4.78 is 3.58. The Morgan fingerprint density at radius 2 is 2.05 bits per heavy atom. The highest BCUT2D eigenvalue weighted by Gasteiger charge is 2.25. The van der Waals surface area contributed by atoms with Gasteiger partial charge in [-0.25, -0.2) is 4.79 Å². The van der Waals surface area contributed by atoms with Crippen molar-refractivity contribution in [2.75, 3.05) is 19.6 Å². The number of para-hydroxylation sites is 2. The summed E-state index contributed by atoms with van der Waals surface area (Å²) >= 11 is 0. The van der Waals surface area contributed by atoms with Crippen LogP contribution in [-0.4, -0.2) is 34.8 Å². The van der Waals surface area contributed by atoms with E-state index in [-0.39, 0.29) is 17.8 Å². The maximum Gasteiger partial charge on any atom is 0.333 e. The Morgan fingerprint density at radius 3 is 2.67 bits per heavy atom. The lowest BCUT2D eigenvalue weighted by Gasteiger charge is -2.30. The first-order valence-corrected chi connectivity index (χ1v) is 7.43. The molecule has 0 bridgehead atoms. The van der Waals surface area contributed by atoms with E-state index in [1.165, 1.54) is 0 Å². The van der Waals surface area contributed by atoms with Crippen LogP contribution in [0.2, 0.25) is 0 Å². The molecule has 0 aliphatic carbocycles. The molecule has 0 amide bonds. The smallest absolute Gasteiger partial charge is 0.314 e. The number of hydrogen-bond donors (Lipinski definition) is 2. The minimum atomic E-state index is -0.0106. The molecule has 2 heterocycles. The molecule has 5 heteroatoms. The molecule has 1 aromatic heterocycles. The topological polar surface area (TPSA) is 51.0 Å². The molecule has 1 aromatic carbocycles. The molecule has 1 saturated heterocycles. The van der Waals surface area contributed by atoms with Crippen LogP contribution in [0.3, 0.4) is 0 Å². The second-order valence-corrected chi connectivity index (χ2v) is 5.72. The van der Waals surface area contributed by atoms with E-state index in [1.54, 1.807) is 4.57 Å². The van der Waals surface area contributed by atoms with Gasteiger partial charge in [0.25, 0.3) is 0 Å². The minimum Gasteiger partial charge on any atom is -0.314 e. The van der Waals surface area contributed by atoms with Gasteiger partial charge in [-0.2, -0.15) is 0 Å². The van der Waals surface area contributed by atoms with E-state index in [2.05, 4.69) is 24.1 Å². The van der Waals surface area contributed by atoms with Crippen molar-refractivity contribution in [2.24, 2.45) is 0 Å². The molecule has 112 valence electrons. The van der Waals surface area contributed by atoms with Crippen molar-refractivity contribution in [3.63, 3.8) is 0 Å². The number of hydrogen-bond acceptors (Lipinski definition) is 3. The van der Waals surface area contributed by atoms with Gasteiger partial charge in [-0.1, -0.05) is 18.7 Å². The molecule has 1 aliphatic rings. The zero-order valence-electron chi connectivity index (χ0n) is 12.6. The van der Waals surface area contributed by atoms with E-state index in [4.69, 9.17) is 0 Å². The van der Waals surface area contributed by atoms with Gasteiger partial charge in [0, 0.05) is 31.4 Å². The third kappa shape index (κ3) is 2.32.